The average molecular weight is 291 g/mol. The number of nitrogens with two attached hydrogens (primary N) is 1. The minimum Gasteiger partial charge on any atom is -0.341 e. The Morgan fingerprint density at radius 3 is 2.93 bits per heavy atom. The van der Waals surface area contributed by atoms with Crippen molar-refractivity contribution in [2.24, 2.45) is 5.73 Å². The zero-order chi connectivity index (χ0) is 11.3. The molecule has 0 aliphatic heterocycles. The molecule has 0 aromatic carbocycles. The number of hydrogen-bond donors (Lipinski definition) is 1. The number of carbonyl (C=O) groups excluding carboxylic acids is 1. The molecule has 2 N–H and O–H groups in total. The molecule has 0 saturated heterocycles. The van der Waals surface area contributed by atoms with Crippen LogP contribution in [0.15, 0.2) is 15.9 Å². The van der Waals surface area contributed by atoms with Crippen LogP contribution in [0.25, 0.3) is 0 Å². The summed E-state index contributed by atoms with van der Waals surface area (Å²) < 4.78 is 1.07. The third kappa shape index (κ3) is 4.32. The van der Waals surface area contributed by atoms with E-state index < -0.39 is 0 Å². The summed E-state index contributed by atoms with van der Waals surface area (Å²) in [7, 11) is 1.83. The number of nitrogens with zero attached hydrogens (tertiary/aromatic N) is 1. The van der Waals surface area contributed by atoms with E-state index in [1.165, 1.54) is 4.88 Å². The van der Waals surface area contributed by atoms with Gasteiger partial charge in [-0.05, 0) is 35.0 Å². The largest absolute Gasteiger partial charge is 0.341 e. The molecule has 1 amide bonds. The van der Waals surface area contributed by atoms with E-state index >= 15 is 0 Å². The highest BCUT2D eigenvalue weighted by atomic mass is 79.9. The first-order chi connectivity index (χ1) is 7.13. The molecule has 1 aromatic rings. The van der Waals surface area contributed by atoms with E-state index in [0.717, 1.165) is 10.9 Å². The number of thiophene rings is 1. The van der Waals surface area contributed by atoms with Gasteiger partial charge in [-0.1, -0.05) is 0 Å². The van der Waals surface area contributed by atoms with Crippen LogP contribution in [-0.2, 0) is 11.3 Å². The van der Waals surface area contributed by atoms with Crippen LogP contribution < -0.4 is 5.73 Å². The van der Waals surface area contributed by atoms with E-state index in [1.807, 2.05) is 18.5 Å². The fourth-order valence-corrected chi connectivity index (χ4v) is 2.71. The quantitative estimate of drug-likeness (QED) is 0.904. The minimum absolute atomic E-state index is 0.157. The van der Waals surface area contributed by atoms with E-state index in [1.54, 1.807) is 16.2 Å². The maximum absolute atomic E-state index is 11.6. The highest BCUT2D eigenvalue weighted by Gasteiger charge is 2.09. The maximum atomic E-state index is 11.6. The van der Waals surface area contributed by atoms with Crippen molar-refractivity contribution in [3.63, 3.8) is 0 Å². The van der Waals surface area contributed by atoms with Crippen LogP contribution in [0.5, 0.6) is 0 Å². The molecule has 0 aliphatic rings. The predicted octanol–water partition coefficient (Wildman–Crippen LogP) is 2.21. The average Bonchev–Trinajstić information content (AvgIpc) is 2.60. The molecule has 0 fully saturated rings. The lowest BCUT2D eigenvalue weighted by atomic mass is 10.3. The molecular formula is C10H15BrN2OS. The second-order valence-electron chi connectivity index (χ2n) is 3.37. The maximum Gasteiger partial charge on any atom is 0.222 e. The molecule has 0 bridgehead atoms. The predicted molar refractivity (Wildman–Crippen MR) is 66.8 cm³/mol. The zero-order valence-corrected chi connectivity index (χ0v) is 11.1. The van der Waals surface area contributed by atoms with Crippen molar-refractivity contribution in [1.82, 2.24) is 4.90 Å². The lowest BCUT2D eigenvalue weighted by Crippen LogP contribution is -2.26. The Labute approximate surface area is 102 Å². The zero-order valence-electron chi connectivity index (χ0n) is 8.70. The Morgan fingerprint density at radius 1 is 1.67 bits per heavy atom. The summed E-state index contributed by atoms with van der Waals surface area (Å²) in [6.45, 7) is 1.25. The van der Waals surface area contributed by atoms with Gasteiger partial charge in [-0.15, -0.1) is 11.3 Å². The van der Waals surface area contributed by atoms with Gasteiger partial charge in [-0.25, -0.2) is 0 Å². The summed E-state index contributed by atoms with van der Waals surface area (Å²) in [5.41, 5.74) is 5.36. The Morgan fingerprint density at radius 2 is 2.40 bits per heavy atom. The first kappa shape index (κ1) is 12.7. The molecular weight excluding hydrogens is 276 g/mol. The van der Waals surface area contributed by atoms with Gasteiger partial charge in [0.15, 0.2) is 0 Å². The smallest absolute Gasteiger partial charge is 0.222 e. The Kier molecular flexibility index (Phi) is 5.28. The van der Waals surface area contributed by atoms with Crippen molar-refractivity contribution >= 4 is 33.2 Å². The summed E-state index contributed by atoms with van der Waals surface area (Å²) in [6.07, 6.45) is 1.30. The fourth-order valence-electron chi connectivity index (χ4n) is 1.20. The van der Waals surface area contributed by atoms with Crippen molar-refractivity contribution < 1.29 is 4.79 Å². The van der Waals surface area contributed by atoms with Crippen LogP contribution in [0.1, 0.15) is 17.7 Å². The summed E-state index contributed by atoms with van der Waals surface area (Å²) in [5, 5.41) is 2.02. The van der Waals surface area contributed by atoms with E-state index in [2.05, 4.69) is 15.9 Å². The van der Waals surface area contributed by atoms with Gasteiger partial charge in [0.25, 0.3) is 0 Å². The van der Waals surface area contributed by atoms with E-state index in [-0.39, 0.29) is 5.91 Å². The summed E-state index contributed by atoms with van der Waals surface area (Å²) >= 11 is 5.05. The van der Waals surface area contributed by atoms with Gasteiger partial charge in [0.2, 0.25) is 5.91 Å². The number of hydrogen-bond acceptors (Lipinski definition) is 3. The van der Waals surface area contributed by atoms with Crippen LogP contribution in [0.3, 0.4) is 0 Å². The van der Waals surface area contributed by atoms with Gasteiger partial charge in [-0.3, -0.25) is 4.79 Å². The third-order valence-electron chi connectivity index (χ3n) is 2.04. The Hall–Kier alpha value is -0.390. The fraction of sp³-hybridized carbons (Fsp3) is 0.500. The van der Waals surface area contributed by atoms with Crippen molar-refractivity contribution in [3.8, 4) is 0 Å². The lowest BCUT2D eigenvalue weighted by Gasteiger charge is -2.15. The number of rotatable bonds is 5. The molecule has 1 aromatic heterocycles. The molecule has 15 heavy (non-hydrogen) atoms. The third-order valence-corrected chi connectivity index (χ3v) is 3.72. The van der Waals surface area contributed by atoms with E-state index in [4.69, 9.17) is 5.73 Å². The molecule has 1 heterocycles. The van der Waals surface area contributed by atoms with Gasteiger partial charge in [-0.2, -0.15) is 0 Å². The number of carbonyl (C=O) groups is 1. The van der Waals surface area contributed by atoms with Gasteiger partial charge in [0, 0.05) is 28.2 Å². The standard InChI is InChI=1S/C10H15BrN2OS/c1-13(10(14)3-2-4-12)6-9-5-8(11)7-15-9/h5,7H,2-4,6,12H2,1H3. The summed E-state index contributed by atoms with van der Waals surface area (Å²) in [5.74, 6) is 0.157. The van der Waals surface area contributed by atoms with Crippen LogP contribution in [0, 0.1) is 0 Å². The van der Waals surface area contributed by atoms with Gasteiger partial charge >= 0.3 is 0 Å². The van der Waals surface area contributed by atoms with E-state index in [9.17, 15) is 4.79 Å². The van der Waals surface area contributed by atoms with Crippen LogP contribution in [0.2, 0.25) is 0 Å². The first-order valence-corrected chi connectivity index (χ1v) is 6.47. The molecule has 0 spiro atoms. The molecule has 0 saturated carbocycles. The van der Waals surface area contributed by atoms with Crippen LogP contribution in [0.4, 0.5) is 0 Å². The van der Waals surface area contributed by atoms with Gasteiger partial charge in [0.05, 0.1) is 6.54 Å². The van der Waals surface area contributed by atoms with Crippen LogP contribution in [-0.4, -0.2) is 24.4 Å². The first-order valence-electron chi connectivity index (χ1n) is 4.80. The normalized spacial score (nSPS) is 10.3. The van der Waals surface area contributed by atoms with Crippen molar-refractivity contribution in [1.29, 1.82) is 0 Å². The summed E-state index contributed by atoms with van der Waals surface area (Å²) in [4.78, 5) is 14.5. The minimum atomic E-state index is 0.157. The molecule has 0 aliphatic carbocycles. The molecule has 5 heteroatoms. The van der Waals surface area contributed by atoms with E-state index in [0.29, 0.717) is 19.5 Å². The molecule has 1 rings (SSSR count). The van der Waals surface area contributed by atoms with Crippen molar-refractivity contribution in [3.05, 3.63) is 20.8 Å². The molecule has 0 unspecified atom stereocenters. The molecule has 84 valence electrons. The second kappa shape index (κ2) is 6.25. The molecule has 0 atom stereocenters. The number of amides is 1. The summed E-state index contributed by atoms with van der Waals surface area (Å²) in [6, 6.07) is 2.04. The van der Waals surface area contributed by atoms with Crippen molar-refractivity contribution in [2.75, 3.05) is 13.6 Å². The monoisotopic (exact) mass is 290 g/mol. The number of halogens is 1. The highest BCUT2D eigenvalue weighted by molar-refractivity contribution is 9.10. The Balaban J connectivity index is 2.41. The second-order valence-corrected chi connectivity index (χ2v) is 5.28. The lowest BCUT2D eigenvalue weighted by molar-refractivity contribution is -0.130. The molecule has 0 radical (unpaired) electrons. The van der Waals surface area contributed by atoms with Gasteiger partial charge in [0.1, 0.15) is 0 Å². The Bertz CT molecular complexity index is 327. The van der Waals surface area contributed by atoms with Gasteiger partial charge < -0.3 is 10.6 Å². The topological polar surface area (TPSA) is 46.3 Å². The molecule has 3 nitrogen and oxygen atoms in total. The SMILES string of the molecule is CN(Cc1cc(Br)cs1)C(=O)CCCN. The van der Waals surface area contributed by atoms with Crippen LogP contribution >= 0.6 is 27.3 Å². The highest BCUT2D eigenvalue weighted by Crippen LogP contribution is 2.20. The van der Waals surface area contributed by atoms with Crippen molar-refractivity contribution in [2.45, 2.75) is 19.4 Å².